The van der Waals surface area contributed by atoms with Gasteiger partial charge in [-0.1, -0.05) is 23.9 Å². The molecule has 2 amide bonds. The Labute approximate surface area is 188 Å². The van der Waals surface area contributed by atoms with Crippen LogP contribution in [0, 0.1) is 0 Å². The van der Waals surface area contributed by atoms with Crippen LogP contribution in [0.15, 0.2) is 52.1 Å². The lowest BCUT2D eigenvalue weighted by Gasteiger charge is -2.10. The third-order valence-electron chi connectivity index (χ3n) is 4.73. The molecular weight excluding hydrogens is 432 g/mol. The molecule has 1 aliphatic carbocycles. The Kier molecular flexibility index (Phi) is 6.60. The molecule has 1 aliphatic rings. The van der Waals surface area contributed by atoms with E-state index in [1.54, 1.807) is 49.6 Å². The van der Waals surface area contributed by atoms with Gasteiger partial charge in [0.2, 0.25) is 5.91 Å². The summed E-state index contributed by atoms with van der Waals surface area (Å²) in [5, 5.41) is 14.0. The van der Waals surface area contributed by atoms with E-state index in [-0.39, 0.29) is 34.7 Å². The number of thioether (sulfide) groups is 1. The highest BCUT2D eigenvalue weighted by Gasteiger charge is 2.25. The fraction of sp³-hybridized carbons (Fsp3) is 0.273. The summed E-state index contributed by atoms with van der Waals surface area (Å²) in [5.74, 6) is 1.01. The first-order valence-corrected chi connectivity index (χ1v) is 10.9. The van der Waals surface area contributed by atoms with E-state index < -0.39 is 0 Å². The van der Waals surface area contributed by atoms with E-state index in [2.05, 4.69) is 20.8 Å². The van der Waals surface area contributed by atoms with Gasteiger partial charge in [0.1, 0.15) is 11.5 Å². The largest absolute Gasteiger partial charge is 0.497 e. The molecule has 2 aromatic carbocycles. The van der Waals surface area contributed by atoms with Crippen LogP contribution in [0.4, 0.5) is 5.69 Å². The van der Waals surface area contributed by atoms with E-state index >= 15 is 0 Å². The van der Waals surface area contributed by atoms with Crippen LogP contribution in [0.1, 0.15) is 23.2 Å². The number of nitrogens with zero attached hydrogens (tertiary/aromatic N) is 2. The van der Waals surface area contributed by atoms with Crippen LogP contribution in [0.5, 0.6) is 11.5 Å². The lowest BCUT2D eigenvalue weighted by molar-refractivity contribution is -0.113. The SMILES string of the molecule is COc1ccc(-c2nnc(SCC(=O)Nc3ccccc3C(=O)NC3CC3)o2)c(OC)c1. The number of carbonyl (C=O) groups is 2. The van der Waals surface area contributed by atoms with Crippen LogP contribution in [-0.4, -0.2) is 48.0 Å². The van der Waals surface area contributed by atoms with Crippen molar-refractivity contribution in [3.63, 3.8) is 0 Å². The smallest absolute Gasteiger partial charge is 0.277 e. The topological polar surface area (TPSA) is 116 Å². The van der Waals surface area contributed by atoms with Crippen LogP contribution in [-0.2, 0) is 4.79 Å². The molecule has 3 aromatic rings. The van der Waals surface area contributed by atoms with Crippen molar-refractivity contribution in [1.29, 1.82) is 0 Å². The molecule has 1 heterocycles. The predicted molar refractivity (Wildman–Crippen MR) is 119 cm³/mol. The maximum atomic E-state index is 12.5. The zero-order chi connectivity index (χ0) is 22.5. The second-order valence-corrected chi connectivity index (χ2v) is 8.00. The van der Waals surface area contributed by atoms with Crippen molar-refractivity contribution >= 4 is 29.3 Å². The normalized spacial score (nSPS) is 12.8. The van der Waals surface area contributed by atoms with Crippen molar-refractivity contribution in [1.82, 2.24) is 15.5 Å². The first kappa shape index (κ1) is 21.7. The van der Waals surface area contributed by atoms with E-state index in [1.807, 2.05) is 0 Å². The van der Waals surface area contributed by atoms with Crippen molar-refractivity contribution in [2.75, 3.05) is 25.3 Å². The summed E-state index contributed by atoms with van der Waals surface area (Å²) in [6.45, 7) is 0. The second-order valence-electron chi connectivity index (χ2n) is 7.07. The maximum absolute atomic E-state index is 12.5. The molecular formula is C22H22N4O5S. The van der Waals surface area contributed by atoms with Gasteiger partial charge in [-0.05, 0) is 37.1 Å². The Morgan fingerprint density at radius 1 is 1.12 bits per heavy atom. The van der Waals surface area contributed by atoms with Gasteiger partial charge < -0.3 is 24.5 Å². The summed E-state index contributed by atoms with van der Waals surface area (Å²) in [6, 6.07) is 12.4. The number of aromatic nitrogens is 2. The molecule has 1 fully saturated rings. The monoisotopic (exact) mass is 454 g/mol. The van der Waals surface area contributed by atoms with Crippen LogP contribution in [0.25, 0.3) is 11.5 Å². The Morgan fingerprint density at radius 3 is 2.69 bits per heavy atom. The number of rotatable bonds is 9. The minimum absolute atomic E-state index is 0.0416. The molecule has 166 valence electrons. The lowest BCUT2D eigenvalue weighted by Crippen LogP contribution is -2.27. The molecule has 4 rings (SSSR count). The van der Waals surface area contributed by atoms with Gasteiger partial charge in [0.15, 0.2) is 0 Å². The highest BCUT2D eigenvalue weighted by atomic mass is 32.2. The Hall–Kier alpha value is -3.53. The Balaban J connectivity index is 1.38. The first-order chi connectivity index (χ1) is 15.6. The van der Waals surface area contributed by atoms with Crippen LogP contribution in [0.2, 0.25) is 0 Å². The molecule has 0 atom stereocenters. The van der Waals surface area contributed by atoms with Crippen molar-refractivity contribution in [3.05, 3.63) is 48.0 Å². The summed E-state index contributed by atoms with van der Waals surface area (Å²) < 4.78 is 16.2. The summed E-state index contributed by atoms with van der Waals surface area (Å²) in [7, 11) is 3.11. The number of hydrogen-bond donors (Lipinski definition) is 2. The van der Waals surface area contributed by atoms with E-state index in [4.69, 9.17) is 13.9 Å². The van der Waals surface area contributed by atoms with Gasteiger partial charge in [-0.3, -0.25) is 9.59 Å². The molecule has 0 bridgehead atoms. The zero-order valence-corrected chi connectivity index (χ0v) is 18.4. The van der Waals surface area contributed by atoms with Crippen molar-refractivity contribution in [3.8, 4) is 23.0 Å². The highest BCUT2D eigenvalue weighted by Crippen LogP contribution is 2.33. The number of ether oxygens (including phenoxy) is 2. The number of benzene rings is 2. The molecule has 1 saturated carbocycles. The number of anilines is 1. The summed E-state index contributed by atoms with van der Waals surface area (Å²) in [4.78, 5) is 24.8. The molecule has 32 heavy (non-hydrogen) atoms. The predicted octanol–water partition coefficient (Wildman–Crippen LogP) is 3.38. The number of methoxy groups -OCH3 is 2. The van der Waals surface area contributed by atoms with E-state index in [0.717, 1.165) is 24.6 Å². The van der Waals surface area contributed by atoms with Gasteiger partial charge in [-0.2, -0.15) is 0 Å². The van der Waals surface area contributed by atoms with Crippen molar-refractivity contribution in [2.24, 2.45) is 0 Å². The summed E-state index contributed by atoms with van der Waals surface area (Å²) in [5.41, 5.74) is 1.52. The zero-order valence-electron chi connectivity index (χ0n) is 17.6. The van der Waals surface area contributed by atoms with Gasteiger partial charge in [0.05, 0.1) is 36.8 Å². The van der Waals surface area contributed by atoms with Gasteiger partial charge >= 0.3 is 0 Å². The highest BCUT2D eigenvalue weighted by molar-refractivity contribution is 7.99. The van der Waals surface area contributed by atoms with Crippen LogP contribution in [0.3, 0.4) is 0 Å². The lowest BCUT2D eigenvalue weighted by atomic mass is 10.1. The third kappa shape index (κ3) is 5.20. The number of amides is 2. The Morgan fingerprint density at radius 2 is 1.94 bits per heavy atom. The minimum atomic E-state index is -0.288. The second kappa shape index (κ2) is 9.73. The van der Waals surface area contributed by atoms with Gasteiger partial charge in [0.25, 0.3) is 17.0 Å². The fourth-order valence-electron chi connectivity index (χ4n) is 2.95. The number of para-hydroxylation sites is 1. The first-order valence-electron chi connectivity index (χ1n) is 9.96. The standard InChI is InChI=1S/C22H22N4O5S/c1-29-14-9-10-16(18(11-14)30-2)21-25-26-22(31-21)32-12-19(27)24-17-6-4-3-5-15(17)20(28)23-13-7-8-13/h3-6,9-11,13H,7-8,12H2,1-2H3,(H,23,28)(H,24,27). The summed E-state index contributed by atoms with van der Waals surface area (Å²) >= 11 is 1.10. The molecule has 2 N–H and O–H groups in total. The number of carbonyl (C=O) groups excluding carboxylic acids is 2. The molecule has 0 aliphatic heterocycles. The number of nitrogens with one attached hydrogen (secondary N) is 2. The van der Waals surface area contributed by atoms with E-state index in [0.29, 0.717) is 28.3 Å². The van der Waals surface area contributed by atoms with E-state index in [9.17, 15) is 9.59 Å². The fourth-order valence-corrected chi connectivity index (χ4v) is 3.51. The average Bonchev–Trinajstić information content (AvgIpc) is 3.50. The van der Waals surface area contributed by atoms with Gasteiger partial charge in [-0.15, -0.1) is 10.2 Å². The maximum Gasteiger partial charge on any atom is 0.277 e. The molecule has 0 radical (unpaired) electrons. The molecule has 0 saturated heterocycles. The average molecular weight is 455 g/mol. The molecule has 10 heteroatoms. The minimum Gasteiger partial charge on any atom is -0.497 e. The van der Waals surface area contributed by atoms with Crippen molar-refractivity contribution < 1.29 is 23.5 Å². The molecule has 9 nitrogen and oxygen atoms in total. The summed E-state index contributed by atoms with van der Waals surface area (Å²) in [6.07, 6.45) is 1.98. The van der Waals surface area contributed by atoms with Crippen LogP contribution >= 0.6 is 11.8 Å². The molecule has 1 aromatic heterocycles. The third-order valence-corrected chi connectivity index (χ3v) is 5.55. The number of hydrogen-bond acceptors (Lipinski definition) is 8. The quantitative estimate of drug-likeness (QED) is 0.473. The van der Waals surface area contributed by atoms with Crippen molar-refractivity contribution in [2.45, 2.75) is 24.1 Å². The van der Waals surface area contributed by atoms with Gasteiger partial charge in [-0.25, -0.2) is 0 Å². The molecule has 0 spiro atoms. The van der Waals surface area contributed by atoms with Gasteiger partial charge in [0, 0.05) is 12.1 Å². The van der Waals surface area contributed by atoms with Crippen LogP contribution < -0.4 is 20.1 Å². The van der Waals surface area contributed by atoms with E-state index in [1.165, 1.54) is 7.11 Å². The molecule has 0 unspecified atom stereocenters. The Bertz CT molecular complexity index is 1130.